The summed E-state index contributed by atoms with van der Waals surface area (Å²) in [6.45, 7) is 3.54. The molecule has 4 heteroatoms. The highest BCUT2D eigenvalue weighted by Gasteiger charge is 2.34. The van der Waals surface area contributed by atoms with Crippen LogP contribution in [0, 0.1) is 5.92 Å². The molecule has 4 nitrogen and oxygen atoms in total. The monoisotopic (exact) mass is 406 g/mol. The van der Waals surface area contributed by atoms with E-state index in [4.69, 9.17) is 20.9 Å². The van der Waals surface area contributed by atoms with Crippen LogP contribution >= 0.6 is 0 Å². The van der Waals surface area contributed by atoms with Gasteiger partial charge in [0.1, 0.15) is 5.75 Å². The quantitative estimate of drug-likeness (QED) is 0.809. The van der Waals surface area contributed by atoms with Crippen LogP contribution in [0.5, 0.6) is 5.75 Å². The molecular formula is C26H34N2O2. The molecule has 0 radical (unpaired) electrons. The van der Waals surface area contributed by atoms with Crippen molar-refractivity contribution in [1.29, 1.82) is 0 Å². The van der Waals surface area contributed by atoms with E-state index in [0.717, 1.165) is 38.0 Å². The van der Waals surface area contributed by atoms with Gasteiger partial charge in [-0.1, -0.05) is 31.2 Å². The standard InChI is InChI=1S/C26H34N2O2/c1-16-10-24(30-25(15-27)26(16)28)21-13-19-4-2-6-22(19)20(14-21)11-17-7-8-18-5-3-9-29-23(18)12-17/h7-8,12-14,16,24-26H,2-6,9-11,15,27-28H2,1H3. The molecule has 0 bridgehead atoms. The Morgan fingerprint density at radius 1 is 1.03 bits per heavy atom. The van der Waals surface area contributed by atoms with Crippen molar-refractivity contribution in [3.05, 3.63) is 63.7 Å². The van der Waals surface area contributed by atoms with Gasteiger partial charge in [-0.25, -0.2) is 0 Å². The number of hydrogen-bond acceptors (Lipinski definition) is 4. The first-order chi connectivity index (χ1) is 14.6. The maximum absolute atomic E-state index is 6.37. The normalized spacial score (nSPS) is 28.0. The minimum absolute atomic E-state index is 0.0237. The van der Waals surface area contributed by atoms with Gasteiger partial charge >= 0.3 is 0 Å². The van der Waals surface area contributed by atoms with Crippen molar-refractivity contribution in [1.82, 2.24) is 0 Å². The molecule has 2 heterocycles. The van der Waals surface area contributed by atoms with Gasteiger partial charge in [-0.2, -0.15) is 0 Å². The highest BCUT2D eigenvalue weighted by atomic mass is 16.5. The van der Waals surface area contributed by atoms with E-state index in [1.807, 2.05) is 0 Å². The van der Waals surface area contributed by atoms with Crippen LogP contribution in [0.15, 0.2) is 30.3 Å². The van der Waals surface area contributed by atoms with E-state index >= 15 is 0 Å². The van der Waals surface area contributed by atoms with Gasteiger partial charge in [0.05, 0.1) is 18.8 Å². The van der Waals surface area contributed by atoms with Gasteiger partial charge in [-0.05, 0) is 90.3 Å². The first kappa shape index (κ1) is 20.0. The molecule has 1 fully saturated rings. The zero-order valence-corrected chi connectivity index (χ0v) is 18.0. The summed E-state index contributed by atoms with van der Waals surface area (Å²) in [6.07, 6.45) is 7.79. The number of nitrogens with two attached hydrogens (primary N) is 2. The number of aryl methyl sites for hydroxylation is 2. The van der Waals surface area contributed by atoms with E-state index in [2.05, 4.69) is 37.3 Å². The molecule has 3 aliphatic rings. The molecule has 2 aliphatic heterocycles. The largest absolute Gasteiger partial charge is 0.493 e. The van der Waals surface area contributed by atoms with Gasteiger partial charge in [-0.3, -0.25) is 0 Å². The molecule has 0 saturated carbocycles. The molecule has 0 aromatic heterocycles. The summed E-state index contributed by atoms with van der Waals surface area (Å²) in [5.41, 5.74) is 20.8. The van der Waals surface area contributed by atoms with Crippen molar-refractivity contribution in [3.63, 3.8) is 0 Å². The van der Waals surface area contributed by atoms with Crippen LogP contribution in [0.25, 0.3) is 0 Å². The number of ether oxygens (including phenoxy) is 2. The van der Waals surface area contributed by atoms with Crippen LogP contribution in [0.4, 0.5) is 0 Å². The zero-order chi connectivity index (χ0) is 20.7. The van der Waals surface area contributed by atoms with Crippen LogP contribution in [-0.4, -0.2) is 25.3 Å². The average molecular weight is 407 g/mol. The number of hydrogen-bond donors (Lipinski definition) is 2. The fourth-order valence-electron chi connectivity index (χ4n) is 5.53. The van der Waals surface area contributed by atoms with Gasteiger partial charge in [0.15, 0.2) is 0 Å². The van der Waals surface area contributed by atoms with Crippen LogP contribution in [0.2, 0.25) is 0 Å². The Labute approximate surface area is 179 Å². The summed E-state index contributed by atoms with van der Waals surface area (Å²) in [6, 6.07) is 11.6. The Morgan fingerprint density at radius 2 is 1.90 bits per heavy atom. The Balaban J connectivity index is 1.45. The van der Waals surface area contributed by atoms with E-state index in [1.54, 1.807) is 5.56 Å². The molecule has 4 atom stereocenters. The Morgan fingerprint density at radius 3 is 2.77 bits per heavy atom. The number of benzene rings is 2. The van der Waals surface area contributed by atoms with Crippen molar-refractivity contribution >= 4 is 0 Å². The van der Waals surface area contributed by atoms with Crippen LogP contribution in [0.3, 0.4) is 0 Å². The Kier molecular flexibility index (Phi) is 5.57. The SMILES string of the molecule is CC1CC(c2cc3c(c(Cc4ccc5c(c4)OCCC5)c2)CCC3)OC(CN)C1N. The molecule has 1 saturated heterocycles. The van der Waals surface area contributed by atoms with E-state index in [1.165, 1.54) is 47.1 Å². The molecule has 1 aliphatic carbocycles. The van der Waals surface area contributed by atoms with Crippen LogP contribution in [-0.2, 0) is 30.4 Å². The Hall–Kier alpha value is -1.88. The molecule has 30 heavy (non-hydrogen) atoms. The lowest BCUT2D eigenvalue weighted by Crippen LogP contribution is -2.50. The molecule has 5 rings (SSSR count). The van der Waals surface area contributed by atoms with Crippen molar-refractivity contribution < 1.29 is 9.47 Å². The van der Waals surface area contributed by atoms with Crippen LogP contribution < -0.4 is 16.2 Å². The lowest BCUT2D eigenvalue weighted by atomic mass is 9.84. The van der Waals surface area contributed by atoms with Crippen molar-refractivity contribution in [2.75, 3.05) is 13.2 Å². The van der Waals surface area contributed by atoms with Crippen LogP contribution in [0.1, 0.15) is 65.7 Å². The second-order valence-electron chi connectivity index (χ2n) is 9.43. The van der Waals surface area contributed by atoms with Gasteiger partial charge in [0.2, 0.25) is 0 Å². The van der Waals surface area contributed by atoms with E-state index in [0.29, 0.717) is 12.5 Å². The lowest BCUT2D eigenvalue weighted by molar-refractivity contribution is -0.0776. The first-order valence-electron chi connectivity index (χ1n) is 11.6. The molecule has 2 aromatic rings. The zero-order valence-electron chi connectivity index (χ0n) is 18.0. The highest BCUT2D eigenvalue weighted by Crippen LogP contribution is 2.38. The van der Waals surface area contributed by atoms with Crippen molar-refractivity contribution in [3.8, 4) is 5.75 Å². The third-order valence-corrected chi connectivity index (χ3v) is 7.32. The summed E-state index contributed by atoms with van der Waals surface area (Å²) >= 11 is 0. The predicted molar refractivity (Wildman–Crippen MR) is 120 cm³/mol. The third kappa shape index (κ3) is 3.77. The summed E-state index contributed by atoms with van der Waals surface area (Å²) in [4.78, 5) is 0. The van der Waals surface area contributed by atoms with Gasteiger partial charge in [0, 0.05) is 12.6 Å². The van der Waals surface area contributed by atoms with E-state index < -0.39 is 0 Å². The second-order valence-corrected chi connectivity index (χ2v) is 9.43. The summed E-state index contributed by atoms with van der Waals surface area (Å²) < 4.78 is 12.3. The van der Waals surface area contributed by atoms with Gasteiger partial charge < -0.3 is 20.9 Å². The fourth-order valence-corrected chi connectivity index (χ4v) is 5.53. The number of fused-ring (bicyclic) bond motifs is 2. The maximum atomic E-state index is 6.37. The van der Waals surface area contributed by atoms with Crippen molar-refractivity contribution in [2.45, 2.75) is 70.1 Å². The highest BCUT2D eigenvalue weighted by molar-refractivity contribution is 5.47. The maximum Gasteiger partial charge on any atom is 0.122 e. The smallest absolute Gasteiger partial charge is 0.122 e. The molecule has 2 aromatic carbocycles. The molecule has 4 unspecified atom stereocenters. The summed E-state index contributed by atoms with van der Waals surface area (Å²) in [7, 11) is 0. The summed E-state index contributed by atoms with van der Waals surface area (Å²) in [5.74, 6) is 1.49. The van der Waals surface area contributed by atoms with Gasteiger partial charge in [0.25, 0.3) is 0 Å². The van der Waals surface area contributed by atoms with Crippen molar-refractivity contribution in [2.24, 2.45) is 17.4 Å². The van der Waals surface area contributed by atoms with E-state index in [9.17, 15) is 0 Å². The average Bonchev–Trinajstić information content (AvgIpc) is 3.24. The second kappa shape index (κ2) is 8.33. The minimum atomic E-state index is -0.0618. The molecular weight excluding hydrogens is 372 g/mol. The topological polar surface area (TPSA) is 70.5 Å². The predicted octanol–water partition coefficient (Wildman–Crippen LogP) is 3.84. The molecule has 0 spiro atoms. The van der Waals surface area contributed by atoms with E-state index in [-0.39, 0.29) is 18.2 Å². The Bertz CT molecular complexity index is 925. The van der Waals surface area contributed by atoms with Gasteiger partial charge in [-0.15, -0.1) is 0 Å². The lowest BCUT2D eigenvalue weighted by Gasteiger charge is -2.39. The molecule has 160 valence electrons. The summed E-state index contributed by atoms with van der Waals surface area (Å²) in [5, 5.41) is 0. The third-order valence-electron chi connectivity index (χ3n) is 7.32. The number of rotatable bonds is 4. The molecule has 0 amide bonds. The first-order valence-corrected chi connectivity index (χ1v) is 11.6. The minimum Gasteiger partial charge on any atom is -0.493 e. The fraction of sp³-hybridized carbons (Fsp3) is 0.538. The molecule has 4 N–H and O–H groups in total.